The van der Waals surface area contributed by atoms with Crippen molar-refractivity contribution in [1.29, 1.82) is 0 Å². The summed E-state index contributed by atoms with van der Waals surface area (Å²) in [6.07, 6.45) is 8.46. The molecule has 0 unspecified atom stereocenters. The molecular weight excluding hydrogens is 234 g/mol. The van der Waals surface area contributed by atoms with Crippen LogP contribution in [0.3, 0.4) is 0 Å². The zero-order valence-corrected chi connectivity index (χ0v) is 10.7. The molecule has 2 nitrogen and oxygen atoms in total. The third kappa shape index (κ3) is 4.04. The van der Waals surface area contributed by atoms with E-state index >= 15 is 0 Å². The Hall–Kier alpha value is -1.02. The van der Waals surface area contributed by atoms with Gasteiger partial charge in [-0.2, -0.15) is 0 Å². The summed E-state index contributed by atoms with van der Waals surface area (Å²) in [7, 11) is 0. The van der Waals surface area contributed by atoms with E-state index in [1.165, 1.54) is 32.1 Å². The summed E-state index contributed by atoms with van der Waals surface area (Å²) >= 11 is 6.02. The zero-order chi connectivity index (χ0) is 11.9. The fourth-order valence-corrected chi connectivity index (χ4v) is 2.32. The van der Waals surface area contributed by atoms with Crippen molar-refractivity contribution in [2.45, 2.75) is 38.7 Å². The van der Waals surface area contributed by atoms with Crippen LogP contribution in [0.25, 0.3) is 0 Å². The van der Waals surface area contributed by atoms with Gasteiger partial charge in [-0.25, -0.2) is 0 Å². The molecule has 1 fully saturated rings. The minimum absolute atomic E-state index is 0.447. The highest BCUT2D eigenvalue weighted by Gasteiger charge is 2.10. The van der Waals surface area contributed by atoms with Crippen LogP contribution in [0.4, 0.5) is 0 Å². The van der Waals surface area contributed by atoms with Crippen LogP contribution >= 0.6 is 11.6 Å². The summed E-state index contributed by atoms with van der Waals surface area (Å²) < 4.78 is 0. The largest absolute Gasteiger partial charge is 0.391 e. The van der Waals surface area contributed by atoms with Crippen LogP contribution in [0, 0.1) is 5.92 Å². The normalized spacial score (nSPS) is 17.5. The van der Waals surface area contributed by atoms with E-state index in [1.54, 1.807) is 0 Å². The maximum absolute atomic E-state index is 6.02. The Kier molecular flexibility index (Phi) is 4.87. The van der Waals surface area contributed by atoms with E-state index in [-0.39, 0.29) is 0 Å². The molecule has 0 amide bonds. The molecule has 1 aliphatic carbocycles. The minimum atomic E-state index is 0.447. The van der Waals surface area contributed by atoms with Gasteiger partial charge in [0.1, 0.15) is 6.61 Å². The molecule has 0 aromatic heterocycles. The number of oxime groups is 1. The van der Waals surface area contributed by atoms with E-state index in [9.17, 15) is 0 Å². The van der Waals surface area contributed by atoms with E-state index < -0.39 is 0 Å². The fraction of sp³-hybridized carbons (Fsp3) is 0.500. The Balaban J connectivity index is 1.75. The summed E-state index contributed by atoms with van der Waals surface area (Å²) in [5.41, 5.74) is 0.981. The molecule has 92 valence electrons. The highest BCUT2D eigenvalue weighted by molar-refractivity contribution is 6.31. The number of hydrogen-bond donors (Lipinski definition) is 0. The van der Waals surface area contributed by atoms with Crippen molar-refractivity contribution in [2.75, 3.05) is 0 Å². The zero-order valence-electron chi connectivity index (χ0n) is 9.94. The van der Waals surface area contributed by atoms with Crippen molar-refractivity contribution in [2.24, 2.45) is 11.1 Å². The average Bonchev–Trinajstić information content (AvgIpc) is 2.38. The molecule has 0 radical (unpaired) electrons. The molecular formula is C14H18ClNO. The molecule has 0 N–H and O–H groups in total. The predicted octanol–water partition coefficient (Wildman–Crippen LogP) is 4.42. The number of rotatable bonds is 4. The summed E-state index contributed by atoms with van der Waals surface area (Å²) in [5, 5.41) is 4.78. The second-order valence-corrected chi connectivity index (χ2v) is 4.92. The molecule has 0 atom stereocenters. The molecule has 3 heteroatoms. The van der Waals surface area contributed by atoms with Gasteiger partial charge < -0.3 is 4.84 Å². The highest BCUT2D eigenvalue weighted by atomic mass is 35.5. The standard InChI is InChI=1S/C14H18ClNO/c15-14-9-5-4-8-13(14)11-17-16-10-12-6-2-1-3-7-12/h4-5,8-10,12H,1-3,6-7,11H2/b16-10+. The quantitative estimate of drug-likeness (QED) is 0.573. The van der Waals surface area contributed by atoms with Crippen LogP contribution in [-0.4, -0.2) is 6.21 Å². The summed E-state index contributed by atoms with van der Waals surface area (Å²) in [4.78, 5) is 5.29. The van der Waals surface area contributed by atoms with Crippen LogP contribution < -0.4 is 0 Å². The molecule has 2 rings (SSSR count). The Bertz CT molecular complexity index is 372. The Morgan fingerprint density at radius 3 is 2.76 bits per heavy atom. The molecule has 1 aliphatic rings. The van der Waals surface area contributed by atoms with Crippen molar-refractivity contribution < 1.29 is 4.84 Å². The van der Waals surface area contributed by atoms with Crippen molar-refractivity contribution in [1.82, 2.24) is 0 Å². The molecule has 0 bridgehead atoms. The van der Waals surface area contributed by atoms with Gasteiger partial charge in [0.15, 0.2) is 0 Å². The Morgan fingerprint density at radius 2 is 2.00 bits per heavy atom. The van der Waals surface area contributed by atoms with Gasteiger partial charge in [0, 0.05) is 16.8 Å². The van der Waals surface area contributed by atoms with Gasteiger partial charge >= 0.3 is 0 Å². The number of hydrogen-bond acceptors (Lipinski definition) is 2. The second kappa shape index (κ2) is 6.65. The van der Waals surface area contributed by atoms with Crippen LogP contribution in [0.2, 0.25) is 5.02 Å². The fourth-order valence-electron chi connectivity index (χ4n) is 2.13. The van der Waals surface area contributed by atoms with Gasteiger partial charge in [-0.05, 0) is 24.8 Å². The first-order chi connectivity index (χ1) is 8.36. The second-order valence-electron chi connectivity index (χ2n) is 4.52. The van der Waals surface area contributed by atoms with Gasteiger partial charge in [0.2, 0.25) is 0 Å². The third-order valence-electron chi connectivity index (χ3n) is 3.17. The van der Waals surface area contributed by atoms with Gasteiger partial charge in [0.25, 0.3) is 0 Å². The smallest absolute Gasteiger partial charge is 0.143 e. The first-order valence-electron chi connectivity index (χ1n) is 6.25. The minimum Gasteiger partial charge on any atom is -0.391 e. The lowest BCUT2D eigenvalue weighted by Crippen LogP contribution is -2.07. The lowest BCUT2D eigenvalue weighted by Gasteiger charge is -2.16. The van der Waals surface area contributed by atoms with Crippen LogP contribution in [0.5, 0.6) is 0 Å². The first kappa shape index (κ1) is 12.4. The van der Waals surface area contributed by atoms with E-state index in [4.69, 9.17) is 16.4 Å². The number of halogens is 1. The number of benzene rings is 1. The predicted molar refractivity (Wildman–Crippen MR) is 71.3 cm³/mol. The molecule has 0 spiro atoms. The van der Waals surface area contributed by atoms with Crippen molar-refractivity contribution in [3.05, 3.63) is 34.9 Å². The molecule has 1 aromatic rings. The molecule has 1 saturated carbocycles. The maximum atomic E-state index is 6.02. The van der Waals surface area contributed by atoms with Gasteiger partial charge in [-0.3, -0.25) is 0 Å². The van der Waals surface area contributed by atoms with E-state index in [0.717, 1.165) is 10.6 Å². The maximum Gasteiger partial charge on any atom is 0.143 e. The number of nitrogens with zero attached hydrogens (tertiary/aromatic N) is 1. The lowest BCUT2D eigenvalue weighted by atomic mass is 9.90. The van der Waals surface area contributed by atoms with E-state index in [0.29, 0.717) is 12.5 Å². The van der Waals surface area contributed by atoms with Gasteiger partial charge in [0.05, 0.1) is 0 Å². The lowest BCUT2D eigenvalue weighted by molar-refractivity contribution is 0.130. The van der Waals surface area contributed by atoms with Crippen LogP contribution in [-0.2, 0) is 11.4 Å². The van der Waals surface area contributed by atoms with Crippen molar-refractivity contribution in [3.63, 3.8) is 0 Å². The van der Waals surface area contributed by atoms with Crippen LogP contribution in [0.15, 0.2) is 29.4 Å². The Morgan fingerprint density at radius 1 is 1.24 bits per heavy atom. The topological polar surface area (TPSA) is 21.6 Å². The third-order valence-corrected chi connectivity index (χ3v) is 3.54. The van der Waals surface area contributed by atoms with Gasteiger partial charge in [-0.15, -0.1) is 0 Å². The van der Waals surface area contributed by atoms with Crippen molar-refractivity contribution in [3.8, 4) is 0 Å². The molecule has 1 aromatic carbocycles. The first-order valence-corrected chi connectivity index (χ1v) is 6.63. The van der Waals surface area contributed by atoms with E-state index in [1.807, 2.05) is 30.5 Å². The molecule has 17 heavy (non-hydrogen) atoms. The molecule has 0 saturated heterocycles. The SMILES string of the molecule is Clc1ccccc1CO/N=C/C1CCCCC1. The summed E-state index contributed by atoms with van der Waals surface area (Å²) in [6, 6.07) is 7.69. The van der Waals surface area contributed by atoms with E-state index in [2.05, 4.69) is 5.16 Å². The average molecular weight is 252 g/mol. The molecule has 0 heterocycles. The van der Waals surface area contributed by atoms with Crippen LogP contribution in [0.1, 0.15) is 37.7 Å². The summed E-state index contributed by atoms with van der Waals surface area (Å²) in [6.45, 7) is 0.447. The highest BCUT2D eigenvalue weighted by Crippen LogP contribution is 2.22. The molecule has 0 aliphatic heterocycles. The van der Waals surface area contributed by atoms with Gasteiger partial charge in [-0.1, -0.05) is 54.2 Å². The van der Waals surface area contributed by atoms with Crippen molar-refractivity contribution >= 4 is 17.8 Å². The summed E-state index contributed by atoms with van der Waals surface area (Å²) in [5.74, 6) is 0.606. The monoisotopic (exact) mass is 251 g/mol. The Labute approximate surface area is 108 Å².